The Morgan fingerprint density at radius 1 is 1.00 bits per heavy atom. The van der Waals surface area contributed by atoms with Gasteiger partial charge in [-0.3, -0.25) is 19.5 Å². The van der Waals surface area contributed by atoms with Gasteiger partial charge < -0.3 is 0 Å². The van der Waals surface area contributed by atoms with Crippen LogP contribution in [-0.4, -0.2) is 21.7 Å². The normalized spacial score (nSPS) is 14.7. The molecule has 0 saturated heterocycles. The topological polar surface area (TPSA) is 50.3 Å². The zero-order valence-electron chi connectivity index (χ0n) is 15.2. The van der Waals surface area contributed by atoms with E-state index in [1.807, 2.05) is 13.0 Å². The number of imide groups is 1. The lowest BCUT2D eigenvalue weighted by Gasteiger charge is -2.25. The molecular weight excluding hydrogens is 343 g/mol. The summed E-state index contributed by atoms with van der Waals surface area (Å²) in [5.41, 5.74) is 2.22. The van der Waals surface area contributed by atoms with E-state index >= 15 is 4.39 Å². The van der Waals surface area contributed by atoms with E-state index in [4.69, 9.17) is 0 Å². The molecule has 0 N–H and O–H groups in total. The molecule has 0 saturated carbocycles. The van der Waals surface area contributed by atoms with E-state index in [9.17, 15) is 9.59 Å². The van der Waals surface area contributed by atoms with Crippen molar-refractivity contribution in [3.63, 3.8) is 0 Å². The summed E-state index contributed by atoms with van der Waals surface area (Å²) in [6.07, 6.45) is 1.36. The highest BCUT2D eigenvalue weighted by molar-refractivity contribution is 6.21. The predicted octanol–water partition coefficient (Wildman–Crippen LogP) is 4.68. The molecule has 1 aliphatic heterocycles. The summed E-state index contributed by atoms with van der Waals surface area (Å²) in [6, 6.07) is 13.0. The predicted molar refractivity (Wildman–Crippen MR) is 101 cm³/mol. The Balaban J connectivity index is 1.87. The van der Waals surface area contributed by atoms with Gasteiger partial charge in [0, 0.05) is 16.6 Å². The second kappa shape index (κ2) is 6.58. The lowest BCUT2D eigenvalue weighted by Crippen LogP contribution is -2.33. The number of halogens is 1. The average Bonchev–Trinajstić information content (AvgIpc) is 2.93. The quantitative estimate of drug-likeness (QED) is 0.633. The van der Waals surface area contributed by atoms with Crippen molar-refractivity contribution in [3.05, 3.63) is 76.7 Å². The van der Waals surface area contributed by atoms with E-state index in [-0.39, 0.29) is 0 Å². The Hall–Kier alpha value is -3.08. The first-order valence-corrected chi connectivity index (χ1v) is 9.08. The molecule has 1 atom stereocenters. The molecule has 3 aromatic rings. The van der Waals surface area contributed by atoms with Gasteiger partial charge in [-0.05, 0) is 37.6 Å². The van der Waals surface area contributed by atoms with E-state index in [2.05, 4.69) is 4.98 Å². The summed E-state index contributed by atoms with van der Waals surface area (Å²) < 4.78 is 15.5. The molecule has 0 radical (unpaired) electrons. The molecule has 0 fully saturated rings. The number of pyridine rings is 1. The van der Waals surface area contributed by atoms with Gasteiger partial charge in [-0.15, -0.1) is 0 Å². The van der Waals surface area contributed by atoms with Crippen LogP contribution < -0.4 is 0 Å². The summed E-state index contributed by atoms with van der Waals surface area (Å²) in [7, 11) is 0. The van der Waals surface area contributed by atoms with Crippen molar-refractivity contribution in [3.8, 4) is 0 Å². The fraction of sp³-hybridized carbons (Fsp3) is 0.227. The van der Waals surface area contributed by atoms with E-state index in [0.717, 1.165) is 11.3 Å². The van der Waals surface area contributed by atoms with Crippen LogP contribution in [-0.2, 0) is 6.42 Å². The minimum atomic E-state index is -0.740. The van der Waals surface area contributed by atoms with Crippen LogP contribution in [0.5, 0.6) is 0 Å². The number of benzene rings is 2. The number of fused-ring (bicyclic) bond motifs is 2. The van der Waals surface area contributed by atoms with Crippen LogP contribution in [0.4, 0.5) is 4.39 Å². The number of para-hydroxylation sites is 1. The Morgan fingerprint density at radius 2 is 1.59 bits per heavy atom. The number of hydrogen-bond donors (Lipinski definition) is 0. The summed E-state index contributed by atoms with van der Waals surface area (Å²) in [5.74, 6) is -1.19. The molecule has 0 bridgehead atoms. The van der Waals surface area contributed by atoms with Gasteiger partial charge in [0.05, 0.1) is 22.7 Å². The van der Waals surface area contributed by atoms with Crippen molar-refractivity contribution in [1.29, 1.82) is 0 Å². The van der Waals surface area contributed by atoms with E-state index in [0.29, 0.717) is 39.7 Å². The second-order valence-electron chi connectivity index (χ2n) is 6.76. The summed E-state index contributed by atoms with van der Waals surface area (Å²) in [5, 5.41) is 0.399. The molecule has 136 valence electrons. The Kier molecular flexibility index (Phi) is 4.22. The lowest BCUT2D eigenvalue weighted by atomic mass is 9.98. The van der Waals surface area contributed by atoms with Gasteiger partial charge >= 0.3 is 0 Å². The molecule has 4 rings (SSSR count). The van der Waals surface area contributed by atoms with Gasteiger partial charge in [0.1, 0.15) is 5.82 Å². The zero-order chi connectivity index (χ0) is 19.1. The van der Waals surface area contributed by atoms with Crippen LogP contribution in [0.3, 0.4) is 0 Å². The first kappa shape index (κ1) is 17.3. The lowest BCUT2D eigenvalue weighted by molar-refractivity contribution is 0.0592. The number of amides is 2. The highest BCUT2D eigenvalue weighted by Gasteiger charge is 2.40. The van der Waals surface area contributed by atoms with Crippen LogP contribution >= 0.6 is 0 Å². The van der Waals surface area contributed by atoms with Crippen LogP contribution in [0.1, 0.15) is 58.3 Å². The smallest absolute Gasteiger partial charge is 0.262 e. The SMILES string of the molecule is CCCc1nc2ccccc2c(F)c1C(C)N1C(=O)c2ccccc2C1=O. The molecule has 1 aromatic heterocycles. The van der Waals surface area contributed by atoms with Gasteiger partial charge in [0.2, 0.25) is 0 Å². The first-order valence-electron chi connectivity index (χ1n) is 9.08. The van der Waals surface area contributed by atoms with Gasteiger partial charge in [-0.2, -0.15) is 0 Å². The second-order valence-corrected chi connectivity index (χ2v) is 6.76. The van der Waals surface area contributed by atoms with Gasteiger partial charge in [-0.1, -0.05) is 37.6 Å². The molecule has 27 heavy (non-hydrogen) atoms. The number of carbonyl (C=O) groups is 2. The zero-order valence-corrected chi connectivity index (χ0v) is 15.2. The molecule has 5 heteroatoms. The van der Waals surface area contributed by atoms with Crippen molar-refractivity contribution in [2.45, 2.75) is 32.7 Å². The van der Waals surface area contributed by atoms with Crippen LogP contribution in [0.15, 0.2) is 48.5 Å². The fourth-order valence-corrected chi connectivity index (χ4v) is 3.77. The summed E-state index contributed by atoms with van der Waals surface area (Å²) >= 11 is 0. The molecule has 0 aliphatic carbocycles. The monoisotopic (exact) mass is 362 g/mol. The number of carbonyl (C=O) groups excluding carboxylic acids is 2. The maximum absolute atomic E-state index is 15.5. The van der Waals surface area contributed by atoms with Crippen molar-refractivity contribution >= 4 is 22.7 Å². The van der Waals surface area contributed by atoms with Crippen molar-refractivity contribution in [1.82, 2.24) is 9.88 Å². The Bertz CT molecular complexity index is 1040. The van der Waals surface area contributed by atoms with Gasteiger partial charge in [0.25, 0.3) is 11.8 Å². The number of nitrogens with zero attached hydrogens (tertiary/aromatic N) is 2. The number of aryl methyl sites for hydroxylation is 1. The van der Waals surface area contributed by atoms with Crippen molar-refractivity contribution in [2.75, 3.05) is 0 Å². The maximum Gasteiger partial charge on any atom is 0.262 e. The van der Waals surface area contributed by atoms with Gasteiger partial charge in [0.15, 0.2) is 0 Å². The average molecular weight is 362 g/mol. The minimum Gasteiger partial charge on any atom is -0.269 e. The standard InChI is InChI=1S/C22H19FN2O2/c1-3-8-18-19(20(23)16-11-6-7-12-17(16)24-18)13(2)25-21(26)14-9-4-5-10-15(14)22(25)27/h4-7,9-13H,3,8H2,1-2H3. The van der Waals surface area contributed by atoms with Crippen molar-refractivity contribution < 1.29 is 14.0 Å². The van der Waals surface area contributed by atoms with E-state index < -0.39 is 23.7 Å². The van der Waals surface area contributed by atoms with Crippen LogP contribution in [0.25, 0.3) is 10.9 Å². The van der Waals surface area contributed by atoms with Crippen LogP contribution in [0, 0.1) is 5.82 Å². The van der Waals surface area contributed by atoms with Crippen molar-refractivity contribution in [2.24, 2.45) is 0 Å². The minimum absolute atomic E-state index is 0.324. The fourth-order valence-electron chi connectivity index (χ4n) is 3.77. The third kappa shape index (κ3) is 2.62. The summed E-state index contributed by atoms with van der Waals surface area (Å²) in [4.78, 5) is 31.4. The maximum atomic E-state index is 15.5. The molecule has 0 spiro atoms. The molecular formula is C22H19FN2O2. The third-order valence-electron chi connectivity index (χ3n) is 5.06. The molecule has 2 aromatic carbocycles. The molecule has 2 heterocycles. The largest absolute Gasteiger partial charge is 0.269 e. The first-order chi connectivity index (χ1) is 13.0. The highest BCUT2D eigenvalue weighted by atomic mass is 19.1. The summed E-state index contributed by atoms with van der Waals surface area (Å²) in [6.45, 7) is 3.68. The molecule has 2 amide bonds. The number of rotatable bonds is 4. The number of hydrogen-bond acceptors (Lipinski definition) is 3. The molecule has 1 unspecified atom stereocenters. The van der Waals surface area contributed by atoms with E-state index in [1.165, 1.54) is 0 Å². The Labute approximate surface area is 156 Å². The van der Waals surface area contributed by atoms with Gasteiger partial charge in [-0.25, -0.2) is 4.39 Å². The third-order valence-corrected chi connectivity index (χ3v) is 5.06. The molecule has 4 nitrogen and oxygen atoms in total. The highest BCUT2D eigenvalue weighted by Crippen LogP contribution is 2.35. The molecule has 1 aliphatic rings. The Morgan fingerprint density at radius 3 is 2.22 bits per heavy atom. The number of aromatic nitrogens is 1. The van der Waals surface area contributed by atoms with E-state index in [1.54, 1.807) is 49.4 Å². The van der Waals surface area contributed by atoms with Crippen LogP contribution in [0.2, 0.25) is 0 Å².